The number of unbranched alkanes of at least 4 members (excludes halogenated alkanes) is 3. The van der Waals surface area contributed by atoms with Crippen molar-refractivity contribution in [1.82, 2.24) is 0 Å². The third kappa shape index (κ3) is 9.92. The van der Waals surface area contributed by atoms with Gasteiger partial charge in [-0.25, -0.2) is 0 Å². The summed E-state index contributed by atoms with van der Waals surface area (Å²) in [5.41, 5.74) is 0. The molecule has 0 spiro atoms. The van der Waals surface area contributed by atoms with Gasteiger partial charge in [0.05, 0.1) is 0 Å². The molecule has 5 heteroatoms. The van der Waals surface area contributed by atoms with Crippen LogP contribution >= 0.6 is 0 Å². The fourth-order valence-corrected chi connectivity index (χ4v) is 3.11. The third-order valence-electron chi connectivity index (χ3n) is 4.58. The molecule has 0 saturated heterocycles. The monoisotopic (exact) mass is 376 g/mol. The zero-order chi connectivity index (χ0) is 20.1. The van der Waals surface area contributed by atoms with Crippen LogP contribution in [-0.4, -0.2) is 28.9 Å². The Bertz CT molecular complexity index is 573. The predicted octanol–water partition coefficient (Wildman–Crippen LogP) is 4.63. The fraction of sp³-hybridized carbons (Fsp3) is 0.591. The lowest BCUT2D eigenvalue weighted by molar-refractivity contribution is -0.144. The highest BCUT2D eigenvalue weighted by Gasteiger charge is 2.27. The molecule has 0 aromatic carbocycles. The first kappa shape index (κ1) is 22.9. The van der Waals surface area contributed by atoms with Crippen LogP contribution in [0.3, 0.4) is 0 Å². The zero-order valence-electron chi connectivity index (χ0n) is 16.4. The summed E-state index contributed by atoms with van der Waals surface area (Å²) in [5.74, 6) is -1.14. The highest BCUT2D eigenvalue weighted by atomic mass is 16.5. The molecule has 1 aliphatic rings. The number of ketones is 1. The van der Waals surface area contributed by atoms with E-state index in [1.54, 1.807) is 6.08 Å². The Labute approximate surface area is 162 Å². The van der Waals surface area contributed by atoms with Gasteiger partial charge in [0.2, 0.25) is 0 Å². The number of hydrogen-bond acceptors (Lipinski definition) is 4. The third-order valence-corrected chi connectivity index (χ3v) is 4.58. The van der Waals surface area contributed by atoms with Crippen LogP contribution in [0.15, 0.2) is 36.5 Å². The van der Waals surface area contributed by atoms with Crippen LogP contribution in [0.2, 0.25) is 0 Å². The minimum atomic E-state index is -0.779. The van der Waals surface area contributed by atoms with E-state index in [1.165, 1.54) is 6.92 Å². The second kappa shape index (κ2) is 13.1. The minimum absolute atomic E-state index is 0.0747. The molecule has 1 N–H and O–H groups in total. The maximum atomic E-state index is 12.2. The normalized spacial score (nSPS) is 20.6. The number of carbonyl (C=O) groups is 3. The topological polar surface area (TPSA) is 80.7 Å². The summed E-state index contributed by atoms with van der Waals surface area (Å²) in [6, 6.07) is 0. The van der Waals surface area contributed by atoms with Crippen molar-refractivity contribution in [3.05, 3.63) is 36.5 Å². The molecule has 27 heavy (non-hydrogen) atoms. The van der Waals surface area contributed by atoms with E-state index in [2.05, 4.69) is 6.92 Å². The van der Waals surface area contributed by atoms with Gasteiger partial charge in [-0.05, 0) is 50.2 Å². The van der Waals surface area contributed by atoms with E-state index >= 15 is 0 Å². The lowest BCUT2D eigenvalue weighted by atomic mass is 9.90. The molecule has 0 heterocycles. The molecule has 1 rings (SSSR count). The Hall–Kier alpha value is -2.17. The summed E-state index contributed by atoms with van der Waals surface area (Å²) >= 11 is 0. The van der Waals surface area contributed by atoms with Gasteiger partial charge >= 0.3 is 11.9 Å². The molecule has 0 aromatic heterocycles. The maximum Gasteiger partial charge on any atom is 0.303 e. The molecular weight excluding hydrogens is 344 g/mol. The van der Waals surface area contributed by atoms with Crippen molar-refractivity contribution in [3.8, 4) is 0 Å². The first-order valence-corrected chi connectivity index (χ1v) is 9.88. The molecule has 0 unspecified atom stereocenters. The number of carboxylic acids is 1. The lowest BCUT2D eigenvalue weighted by Gasteiger charge is -2.16. The Balaban J connectivity index is 2.56. The van der Waals surface area contributed by atoms with Crippen LogP contribution in [0.1, 0.15) is 65.2 Å². The van der Waals surface area contributed by atoms with Crippen molar-refractivity contribution < 1.29 is 24.2 Å². The first-order valence-electron chi connectivity index (χ1n) is 9.88. The van der Waals surface area contributed by atoms with E-state index in [0.29, 0.717) is 6.42 Å². The van der Waals surface area contributed by atoms with Crippen molar-refractivity contribution in [2.75, 3.05) is 0 Å². The molecule has 0 bridgehead atoms. The number of hydrogen-bond donors (Lipinski definition) is 1. The van der Waals surface area contributed by atoms with Gasteiger partial charge in [0.1, 0.15) is 6.10 Å². The highest BCUT2D eigenvalue weighted by molar-refractivity contribution is 5.95. The second-order valence-corrected chi connectivity index (χ2v) is 6.97. The fourth-order valence-electron chi connectivity index (χ4n) is 3.11. The summed E-state index contributed by atoms with van der Waals surface area (Å²) in [6.45, 7) is 3.53. The Kier molecular flexibility index (Phi) is 11.1. The molecular formula is C22H32O5. The molecule has 5 nitrogen and oxygen atoms in total. The Morgan fingerprint density at radius 1 is 1.26 bits per heavy atom. The van der Waals surface area contributed by atoms with Gasteiger partial charge < -0.3 is 9.84 Å². The van der Waals surface area contributed by atoms with Crippen LogP contribution in [0, 0.1) is 11.8 Å². The Morgan fingerprint density at radius 2 is 2.04 bits per heavy atom. The van der Waals surface area contributed by atoms with Crippen molar-refractivity contribution in [1.29, 1.82) is 0 Å². The summed E-state index contributed by atoms with van der Waals surface area (Å²) < 4.78 is 5.35. The average molecular weight is 376 g/mol. The number of ether oxygens (including phenoxy) is 1. The van der Waals surface area contributed by atoms with Crippen LogP contribution in [0.4, 0.5) is 0 Å². The molecule has 0 aromatic rings. The number of aliphatic carboxylic acids is 1. The van der Waals surface area contributed by atoms with Gasteiger partial charge in [-0.2, -0.15) is 0 Å². The smallest absolute Gasteiger partial charge is 0.303 e. The van der Waals surface area contributed by atoms with Gasteiger partial charge in [-0.1, -0.05) is 44.1 Å². The molecule has 0 saturated carbocycles. The predicted molar refractivity (Wildman–Crippen MR) is 105 cm³/mol. The standard InChI is InChI=1S/C22H32O5/c1-3-4-7-11-19(27-17(2)23)14-15-20-18(13-16-21(20)24)10-8-5-6-9-12-22(25)26/h5,8,13-16,18-20H,3-4,6-7,9-12H2,1-2H3,(H,25,26)/b8-5-,15-14+/t18-,19-,20+/m0/s1. The largest absolute Gasteiger partial charge is 0.481 e. The van der Waals surface area contributed by atoms with E-state index < -0.39 is 5.97 Å². The average Bonchev–Trinajstić information content (AvgIpc) is 2.95. The van der Waals surface area contributed by atoms with E-state index in [0.717, 1.165) is 38.5 Å². The van der Waals surface area contributed by atoms with Crippen LogP contribution in [0.25, 0.3) is 0 Å². The molecule has 0 radical (unpaired) electrons. The van der Waals surface area contributed by atoms with E-state index in [9.17, 15) is 14.4 Å². The molecule has 3 atom stereocenters. The molecule has 1 aliphatic carbocycles. The van der Waals surface area contributed by atoms with Gasteiger partial charge in [-0.3, -0.25) is 14.4 Å². The van der Waals surface area contributed by atoms with Crippen molar-refractivity contribution in [2.24, 2.45) is 11.8 Å². The molecule has 0 fully saturated rings. The van der Waals surface area contributed by atoms with Crippen LogP contribution in [-0.2, 0) is 19.1 Å². The van der Waals surface area contributed by atoms with Gasteiger partial charge in [-0.15, -0.1) is 0 Å². The van der Waals surface area contributed by atoms with Crippen molar-refractivity contribution >= 4 is 17.7 Å². The van der Waals surface area contributed by atoms with Gasteiger partial charge in [0.25, 0.3) is 0 Å². The number of allylic oxidation sites excluding steroid dienone is 5. The van der Waals surface area contributed by atoms with E-state index in [4.69, 9.17) is 9.84 Å². The molecule has 0 aliphatic heterocycles. The zero-order valence-corrected chi connectivity index (χ0v) is 16.4. The van der Waals surface area contributed by atoms with Gasteiger partial charge in [0, 0.05) is 19.3 Å². The maximum absolute atomic E-state index is 12.2. The quantitative estimate of drug-likeness (QED) is 0.288. The second-order valence-electron chi connectivity index (χ2n) is 6.97. The van der Waals surface area contributed by atoms with Crippen LogP contribution in [0.5, 0.6) is 0 Å². The van der Waals surface area contributed by atoms with Crippen molar-refractivity contribution in [3.63, 3.8) is 0 Å². The SMILES string of the molecule is CCCCC[C@@H](/C=C/[C@H]1C(=O)C=C[C@@H]1C/C=C\CCCC(=O)O)OC(C)=O. The van der Waals surface area contributed by atoms with E-state index in [1.807, 2.05) is 30.4 Å². The minimum Gasteiger partial charge on any atom is -0.481 e. The van der Waals surface area contributed by atoms with Gasteiger partial charge in [0.15, 0.2) is 5.78 Å². The summed E-state index contributed by atoms with van der Waals surface area (Å²) in [4.78, 5) is 33.9. The molecule has 150 valence electrons. The first-order chi connectivity index (χ1) is 12.9. The van der Waals surface area contributed by atoms with Crippen LogP contribution < -0.4 is 0 Å². The lowest BCUT2D eigenvalue weighted by Crippen LogP contribution is -2.17. The summed E-state index contributed by atoms with van der Waals surface area (Å²) in [5, 5.41) is 8.62. The summed E-state index contributed by atoms with van der Waals surface area (Å²) in [6.07, 6.45) is 17.2. The number of carboxylic acid groups (broad SMARTS) is 1. The number of carbonyl (C=O) groups excluding carboxylic acids is 2. The van der Waals surface area contributed by atoms with E-state index in [-0.39, 0.29) is 36.1 Å². The number of esters is 1. The number of rotatable bonds is 13. The highest BCUT2D eigenvalue weighted by Crippen LogP contribution is 2.27. The molecule has 0 amide bonds. The van der Waals surface area contributed by atoms with Crippen molar-refractivity contribution in [2.45, 2.75) is 71.3 Å². The summed E-state index contributed by atoms with van der Waals surface area (Å²) in [7, 11) is 0. The Morgan fingerprint density at radius 3 is 2.70 bits per heavy atom.